The van der Waals surface area contributed by atoms with Crippen molar-refractivity contribution in [1.29, 1.82) is 0 Å². The van der Waals surface area contributed by atoms with E-state index in [2.05, 4.69) is 14.9 Å². The summed E-state index contributed by atoms with van der Waals surface area (Å²) in [6, 6.07) is 0. The normalized spacial score (nSPS) is 10.9. The van der Waals surface area contributed by atoms with Crippen LogP contribution in [0.2, 0.25) is 0 Å². The topological polar surface area (TPSA) is 92.2 Å². The van der Waals surface area contributed by atoms with E-state index in [1.165, 1.54) is 0 Å². The number of alkyl halides is 1. The van der Waals surface area contributed by atoms with Crippen LogP contribution in [0.4, 0.5) is 0 Å². The maximum atomic E-state index is 11.4. The monoisotopic (exact) mass is 274 g/mol. The van der Waals surface area contributed by atoms with Gasteiger partial charge in [-0.3, -0.25) is 0 Å². The van der Waals surface area contributed by atoms with Crippen molar-refractivity contribution in [2.24, 2.45) is 0 Å². The molecular formula is C7H8ClN2NaO4S. The maximum Gasteiger partial charge on any atom is 1.00 e. The summed E-state index contributed by atoms with van der Waals surface area (Å²) in [5, 5.41) is 9.77. The summed E-state index contributed by atoms with van der Waals surface area (Å²) in [7, 11) is -3.42. The van der Waals surface area contributed by atoms with E-state index in [1.807, 2.05) is 0 Å². The van der Waals surface area contributed by atoms with Gasteiger partial charge in [0.1, 0.15) is 4.90 Å². The van der Waals surface area contributed by atoms with Gasteiger partial charge in [-0.2, -0.15) is 0 Å². The zero-order valence-corrected chi connectivity index (χ0v) is 12.2. The summed E-state index contributed by atoms with van der Waals surface area (Å²) in [6.07, 6.45) is 2.26. The first-order valence-electron chi connectivity index (χ1n) is 3.94. The molecule has 0 aliphatic rings. The van der Waals surface area contributed by atoms with Gasteiger partial charge in [-0.25, -0.2) is 18.4 Å². The molecule has 84 valence electrons. The number of rotatable bonds is 5. The second-order valence-electron chi connectivity index (χ2n) is 2.61. The van der Waals surface area contributed by atoms with Crippen LogP contribution in [0.1, 0.15) is 5.82 Å². The molecule has 0 aliphatic carbocycles. The summed E-state index contributed by atoms with van der Waals surface area (Å²) in [6.45, 7) is -0.296. The van der Waals surface area contributed by atoms with E-state index < -0.39 is 9.84 Å². The average molecular weight is 275 g/mol. The molecule has 1 aromatic rings. The van der Waals surface area contributed by atoms with Crippen LogP contribution in [-0.4, -0.2) is 30.0 Å². The van der Waals surface area contributed by atoms with Gasteiger partial charge >= 0.3 is 29.6 Å². The molecule has 0 unspecified atom stereocenters. The summed E-state index contributed by atoms with van der Waals surface area (Å²) in [5.74, 6) is -0.0295. The summed E-state index contributed by atoms with van der Waals surface area (Å²) in [4.78, 5) is 10.9. The molecule has 0 saturated carbocycles. The fourth-order valence-corrected chi connectivity index (χ4v) is 2.33. The predicted octanol–water partition coefficient (Wildman–Crippen LogP) is -3.71. The van der Waals surface area contributed by atoms with Gasteiger partial charge in [-0.15, -0.1) is 11.6 Å². The fourth-order valence-electron chi connectivity index (χ4n) is 0.850. The molecule has 0 N–H and O–H groups in total. The first-order valence-corrected chi connectivity index (χ1v) is 6.13. The van der Waals surface area contributed by atoms with Gasteiger partial charge in [0.15, 0.2) is 15.7 Å². The minimum absolute atomic E-state index is 0. The summed E-state index contributed by atoms with van der Waals surface area (Å²) >= 11 is 5.34. The van der Waals surface area contributed by atoms with Crippen LogP contribution in [0.3, 0.4) is 0 Å². The molecule has 6 nitrogen and oxygen atoms in total. The van der Waals surface area contributed by atoms with Crippen molar-refractivity contribution in [2.45, 2.75) is 11.5 Å². The van der Waals surface area contributed by atoms with Crippen molar-refractivity contribution in [3.05, 3.63) is 18.2 Å². The molecule has 0 aromatic carbocycles. The molecule has 0 spiro atoms. The predicted molar refractivity (Wildman–Crippen MR) is 49.6 cm³/mol. The van der Waals surface area contributed by atoms with E-state index >= 15 is 0 Å². The van der Waals surface area contributed by atoms with Gasteiger partial charge in [-0.1, -0.05) is 0 Å². The number of nitrogens with zero attached hydrogens (tertiary/aromatic N) is 2. The molecule has 1 heterocycles. The van der Waals surface area contributed by atoms with Crippen molar-refractivity contribution in [3.63, 3.8) is 0 Å². The van der Waals surface area contributed by atoms with Gasteiger partial charge in [0.05, 0.1) is 12.4 Å². The Kier molecular flexibility index (Phi) is 7.66. The third-order valence-corrected chi connectivity index (χ3v) is 3.66. The number of halogens is 1. The number of hydrogen-bond acceptors (Lipinski definition) is 6. The van der Waals surface area contributed by atoms with Crippen LogP contribution in [0.25, 0.3) is 0 Å². The number of sulfone groups is 1. The van der Waals surface area contributed by atoms with Gasteiger partial charge < -0.3 is 10.1 Å². The Morgan fingerprint density at radius 2 is 1.94 bits per heavy atom. The van der Waals surface area contributed by atoms with Crippen molar-refractivity contribution in [3.8, 4) is 0 Å². The van der Waals surface area contributed by atoms with Crippen molar-refractivity contribution in [2.75, 3.05) is 11.6 Å². The second-order valence-corrected chi connectivity index (χ2v) is 5.09. The first kappa shape index (κ1) is 16.2. The van der Waals surface area contributed by atoms with Crippen LogP contribution in [0.5, 0.6) is 0 Å². The standard InChI is InChI=1S/C7H9ClN2O4S.Na/c8-1-2-15(12,13)6-3-9-7(5-14-11)10-4-6;/h3-4,11H,1-2,5H2;/q;+1/p-1. The maximum absolute atomic E-state index is 11.4. The molecule has 0 saturated heterocycles. The minimum atomic E-state index is -3.42. The van der Waals surface area contributed by atoms with Crippen LogP contribution in [-0.2, 0) is 21.3 Å². The minimum Gasteiger partial charge on any atom is -0.723 e. The first-order chi connectivity index (χ1) is 7.10. The largest absolute Gasteiger partial charge is 1.00 e. The molecule has 16 heavy (non-hydrogen) atoms. The van der Waals surface area contributed by atoms with E-state index in [0.29, 0.717) is 0 Å². The Balaban J connectivity index is 0.00000225. The van der Waals surface area contributed by atoms with Crippen LogP contribution < -0.4 is 34.8 Å². The van der Waals surface area contributed by atoms with Crippen molar-refractivity contribution >= 4 is 21.4 Å². The SMILES string of the molecule is O=S(=O)(CCCl)c1cnc(CO[O-])nc1.[Na+]. The molecule has 0 atom stereocenters. The number of hydrogen-bond donors (Lipinski definition) is 0. The van der Waals surface area contributed by atoms with E-state index in [0.717, 1.165) is 12.4 Å². The fraction of sp³-hybridized carbons (Fsp3) is 0.429. The van der Waals surface area contributed by atoms with Crippen molar-refractivity contribution in [1.82, 2.24) is 9.97 Å². The van der Waals surface area contributed by atoms with Gasteiger partial charge in [0, 0.05) is 18.3 Å². The van der Waals surface area contributed by atoms with Crippen molar-refractivity contribution < 1.29 is 48.1 Å². The molecule has 1 rings (SSSR count). The molecule has 0 radical (unpaired) electrons. The second kappa shape index (κ2) is 7.54. The quantitative estimate of drug-likeness (QED) is 0.237. The van der Waals surface area contributed by atoms with Gasteiger partial charge in [-0.05, 0) is 0 Å². The van der Waals surface area contributed by atoms with E-state index in [-0.39, 0.29) is 58.5 Å². The molecule has 0 bridgehead atoms. The molecular weight excluding hydrogens is 267 g/mol. The molecule has 0 amide bonds. The van der Waals surface area contributed by atoms with E-state index in [9.17, 15) is 13.7 Å². The molecule has 0 fully saturated rings. The molecule has 1 aromatic heterocycles. The third-order valence-electron chi connectivity index (χ3n) is 1.57. The summed E-state index contributed by atoms with van der Waals surface area (Å²) < 4.78 is 22.9. The zero-order chi connectivity index (χ0) is 11.3. The van der Waals surface area contributed by atoms with E-state index in [1.54, 1.807) is 0 Å². The Hall–Kier alpha value is 0.240. The van der Waals surface area contributed by atoms with Gasteiger partial charge in [0.2, 0.25) is 0 Å². The van der Waals surface area contributed by atoms with E-state index in [4.69, 9.17) is 11.6 Å². The Labute approximate surface area is 120 Å². The molecule has 9 heteroatoms. The Bertz CT molecular complexity index is 411. The third kappa shape index (κ3) is 4.62. The zero-order valence-electron chi connectivity index (χ0n) is 8.59. The number of aromatic nitrogens is 2. The summed E-state index contributed by atoms with van der Waals surface area (Å²) in [5.41, 5.74) is 0. The smallest absolute Gasteiger partial charge is 0.723 e. The Morgan fingerprint density at radius 1 is 1.38 bits per heavy atom. The van der Waals surface area contributed by atoms with Crippen LogP contribution in [0.15, 0.2) is 17.3 Å². The van der Waals surface area contributed by atoms with Gasteiger partial charge in [0.25, 0.3) is 0 Å². The molecule has 0 aliphatic heterocycles. The van der Waals surface area contributed by atoms with Crippen LogP contribution >= 0.6 is 11.6 Å². The average Bonchev–Trinajstić information content (AvgIpc) is 2.19. The van der Waals surface area contributed by atoms with Crippen LogP contribution in [0, 0.1) is 0 Å². The Morgan fingerprint density at radius 3 is 2.38 bits per heavy atom.